The minimum absolute atomic E-state index is 0.0344. The Morgan fingerprint density at radius 1 is 1.57 bits per heavy atom. The van der Waals surface area contributed by atoms with Crippen molar-refractivity contribution >= 4 is 17.4 Å². The number of benzene rings is 1. The van der Waals surface area contributed by atoms with Crippen molar-refractivity contribution in [3.63, 3.8) is 0 Å². The lowest BCUT2D eigenvalue weighted by Gasteiger charge is -2.24. The molecular weight excluding hydrogens is 204 g/mol. The molecule has 1 heterocycles. The maximum Gasteiger partial charge on any atom is 0.170 e. The number of aliphatic hydroxyl groups is 1. The molecule has 1 aliphatic heterocycles. The highest BCUT2D eigenvalue weighted by molar-refractivity contribution is 6.32. The van der Waals surface area contributed by atoms with Gasteiger partial charge in [0.05, 0.1) is 23.6 Å². The largest absolute Gasteiger partial charge is 0.485 e. The second-order valence-corrected chi connectivity index (χ2v) is 3.57. The molecule has 0 fully saturated rings. The SMILES string of the molecule is O=C1CC(CO)Oc2c(Cl)cccc21. The van der Waals surface area contributed by atoms with Crippen LogP contribution in [0.3, 0.4) is 0 Å². The summed E-state index contributed by atoms with van der Waals surface area (Å²) in [6.07, 6.45) is -0.251. The second kappa shape index (κ2) is 3.59. The van der Waals surface area contributed by atoms with E-state index in [1.165, 1.54) is 0 Å². The van der Waals surface area contributed by atoms with E-state index in [2.05, 4.69) is 0 Å². The molecule has 0 saturated heterocycles. The second-order valence-electron chi connectivity index (χ2n) is 3.17. The van der Waals surface area contributed by atoms with Crippen LogP contribution in [0.25, 0.3) is 0 Å². The summed E-state index contributed by atoms with van der Waals surface area (Å²) in [7, 11) is 0. The summed E-state index contributed by atoms with van der Waals surface area (Å²) in [6, 6.07) is 5.05. The number of para-hydroxylation sites is 1. The van der Waals surface area contributed by atoms with Crippen LogP contribution in [0.2, 0.25) is 5.02 Å². The van der Waals surface area contributed by atoms with Crippen molar-refractivity contribution < 1.29 is 14.6 Å². The molecule has 3 nitrogen and oxygen atoms in total. The summed E-state index contributed by atoms with van der Waals surface area (Å²) in [5.41, 5.74) is 0.502. The molecule has 1 aliphatic rings. The average molecular weight is 213 g/mol. The Labute approximate surface area is 86.3 Å². The first-order valence-electron chi connectivity index (χ1n) is 4.31. The van der Waals surface area contributed by atoms with Crippen LogP contribution in [0.15, 0.2) is 18.2 Å². The number of carbonyl (C=O) groups excluding carboxylic acids is 1. The van der Waals surface area contributed by atoms with Gasteiger partial charge >= 0.3 is 0 Å². The topological polar surface area (TPSA) is 46.5 Å². The highest BCUT2D eigenvalue weighted by Gasteiger charge is 2.27. The molecule has 14 heavy (non-hydrogen) atoms. The number of Topliss-reactive ketones (excluding diaryl/α,β-unsaturated/α-hetero) is 1. The van der Waals surface area contributed by atoms with Crippen LogP contribution in [0.4, 0.5) is 0 Å². The summed E-state index contributed by atoms with van der Waals surface area (Å²) >= 11 is 5.87. The van der Waals surface area contributed by atoms with Crippen molar-refractivity contribution in [2.45, 2.75) is 12.5 Å². The van der Waals surface area contributed by atoms with Crippen molar-refractivity contribution in [1.82, 2.24) is 0 Å². The molecule has 0 aromatic heterocycles. The summed E-state index contributed by atoms with van der Waals surface area (Å²) in [5, 5.41) is 9.32. The molecule has 74 valence electrons. The number of rotatable bonds is 1. The molecule has 0 radical (unpaired) electrons. The number of hydrogen-bond donors (Lipinski definition) is 1. The van der Waals surface area contributed by atoms with Crippen molar-refractivity contribution in [1.29, 1.82) is 0 Å². The van der Waals surface area contributed by atoms with E-state index in [9.17, 15) is 4.79 Å². The lowest BCUT2D eigenvalue weighted by atomic mass is 10.0. The predicted molar refractivity (Wildman–Crippen MR) is 51.9 cm³/mol. The van der Waals surface area contributed by atoms with Gasteiger partial charge in [-0.05, 0) is 12.1 Å². The number of hydrogen-bond acceptors (Lipinski definition) is 3. The monoisotopic (exact) mass is 212 g/mol. The molecule has 1 aromatic carbocycles. The smallest absolute Gasteiger partial charge is 0.170 e. The molecule has 0 amide bonds. The van der Waals surface area contributed by atoms with E-state index in [1.807, 2.05) is 0 Å². The fourth-order valence-electron chi connectivity index (χ4n) is 1.48. The summed E-state index contributed by atoms with van der Waals surface area (Å²) in [6.45, 7) is -0.170. The van der Waals surface area contributed by atoms with E-state index in [0.29, 0.717) is 16.3 Å². The fraction of sp³-hybridized carbons (Fsp3) is 0.300. The van der Waals surface area contributed by atoms with Gasteiger partial charge in [-0.15, -0.1) is 0 Å². The Hall–Kier alpha value is -1.06. The Bertz CT molecular complexity index is 376. The van der Waals surface area contributed by atoms with E-state index in [4.69, 9.17) is 21.4 Å². The lowest BCUT2D eigenvalue weighted by molar-refractivity contribution is 0.0705. The highest BCUT2D eigenvalue weighted by atomic mass is 35.5. The van der Waals surface area contributed by atoms with Crippen molar-refractivity contribution in [3.8, 4) is 5.75 Å². The molecule has 1 N–H and O–H groups in total. The van der Waals surface area contributed by atoms with Gasteiger partial charge in [0.25, 0.3) is 0 Å². The zero-order chi connectivity index (χ0) is 10.1. The Morgan fingerprint density at radius 2 is 2.36 bits per heavy atom. The standard InChI is InChI=1S/C10H9ClO3/c11-8-3-1-2-7-9(13)4-6(5-12)14-10(7)8/h1-3,6,12H,4-5H2. The van der Waals surface area contributed by atoms with Crippen molar-refractivity contribution in [2.75, 3.05) is 6.61 Å². The minimum atomic E-state index is -0.463. The number of ketones is 1. The van der Waals surface area contributed by atoms with Gasteiger partial charge in [-0.1, -0.05) is 17.7 Å². The molecule has 0 aliphatic carbocycles. The first-order valence-corrected chi connectivity index (χ1v) is 4.69. The molecular formula is C10H9ClO3. The molecule has 1 aromatic rings. The van der Waals surface area contributed by atoms with Crippen LogP contribution >= 0.6 is 11.6 Å². The van der Waals surface area contributed by atoms with Gasteiger partial charge in [-0.2, -0.15) is 0 Å². The van der Waals surface area contributed by atoms with Gasteiger partial charge < -0.3 is 9.84 Å². The summed E-state index contributed by atoms with van der Waals surface area (Å²) in [5.74, 6) is 0.359. The number of carbonyl (C=O) groups is 1. The molecule has 2 rings (SSSR count). The highest BCUT2D eigenvalue weighted by Crippen LogP contribution is 2.34. The van der Waals surface area contributed by atoms with Gasteiger partial charge in [0, 0.05) is 0 Å². The van der Waals surface area contributed by atoms with Crippen LogP contribution in [0.1, 0.15) is 16.8 Å². The van der Waals surface area contributed by atoms with Crippen molar-refractivity contribution in [2.24, 2.45) is 0 Å². The van der Waals surface area contributed by atoms with E-state index in [0.717, 1.165) is 0 Å². The first-order chi connectivity index (χ1) is 6.72. The van der Waals surface area contributed by atoms with Gasteiger partial charge in [0.1, 0.15) is 11.9 Å². The third kappa shape index (κ3) is 1.49. The zero-order valence-corrected chi connectivity index (χ0v) is 8.12. The quantitative estimate of drug-likeness (QED) is 0.770. The molecule has 1 unspecified atom stereocenters. The Morgan fingerprint density at radius 3 is 3.07 bits per heavy atom. The van der Waals surface area contributed by atoms with Gasteiger partial charge in [-0.25, -0.2) is 0 Å². The third-order valence-corrected chi connectivity index (χ3v) is 2.47. The lowest BCUT2D eigenvalue weighted by Crippen LogP contribution is -2.30. The summed E-state index contributed by atoms with van der Waals surface area (Å²) in [4.78, 5) is 11.6. The zero-order valence-electron chi connectivity index (χ0n) is 7.37. The van der Waals surface area contributed by atoms with Crippen LogP contribution < -0.4 is 4.74 Å². The maximum atomic E-state index is 11.6. The van der Waals surface area contributed by atoms with E-state index < -0.39 is 6.10 Å². The molecule has 0 bridgehead atoms. The number of fused-ring (bicyclic) bond motifs is 1. The van der Waals surface area contributed by atoms with E-state index in [1.54, 1.807) is 18.2 Å². The molecule has 1 atom stereocenters. The molecule has 4 heteroatoms. The minimum Gasteiger partial charge on any atom is -0.485 e. The normalized spacial score (nSPS) is 20.1. The number of ether oxygens (including phenoxy) is 1. The van der Waals surface area contributed by atoms with Gasteiger partial charge in [0.2, 0.25) is 0 Å². The number of aliphatic hydroxyl groups excluding tert-OH is 1. The van der Waals surface area contributed by atoms with Crippen molar-refractivity contribution in [3.05, 3.63) is 28.8 Å². The Balaban J connectivity index is 2.45. The summed E-state index contributed by atoms with van der Waals surface area (Å²) < 4.78 is 5.38. The fourth-order valence-corrected chi connectivity index (χ4v) is 1.69. The molecule has 0 saturated carbocycles. The number of halogens is 1. The maximum absolute atomic E-state index is 11.6. The van der Waals surface area contributed by atoms with Crippen LogP contribution in [-0.2, 0) is 0 Å². The van der Waals surface area contributed by atoms with Crippen LogP contribution in [0, 0.1) is 0 Å². The van der Waals surface area contributed by atoms with Crippen LogP contribution in [-0.4, -0.2) is 23.6 Å². The van der Waals surface area contributed by atoms with E-state index >= 15 is 0 Å². The van der Waals surface area contributed by atoms with E-state index in [-0.39, 0.29) is 18.8 Å². The predicted octanol–water partition coefficient (Wildman–Crippen LogP) is 1.67. The third-order valence-electron chi connectivity index (χ3n) is 2.17. The van der Waals surface area contributed by atoms with Gasteiger partial charge in [-0.3, -0.25) is 4.79 Å². The van der Waals surface area contributed by atoms with Gasteiger partial charge in [0.15, 0.2) is 5.78 Å². The molecule has 0 spiro atoms. The first kappa shape index (κ1) is 9.49. The Kier molecular flexibility index (Phi) is 2.44. The van der Waals surface area contributed by atoms with Crippen LogP contribution in [0.5, 0.6) is 5.75 Å². The average Bonchev–Trinajstić information content (AvgIpc) is 2.19.